The minimum absolute atomic E-state index is 0.0219. The van der Waals surface area contributed by atoms with Crippen molar-refractivity contribution in [1.82, 2.24) is 10.3 Å². The lowest BCUT2D eigenvalue weighted by Crippen LogP contribution is -2.35. The first kappa shape index (κ1) is 12.7. The maximum Gasteiger partial charge on any atom is 0.242 e. The van der Waals surface area contributed by atoms with Crippen LogP contribution in [0.5, 0.6) is 0 Å². The van der Waals surface area contributed by atoms with Crippen molar-refractivity contribution in [2.24, 2.45) is 0 Å². The van der Waals surface area contributed by atoms with E-state index in [0.29, 0.717) is 5.82 Å². The molecule has 1 fully saturated rings. The molecule has 6 heteroatoms. The molecule has 0 aliphatic carbocycles. The Kier molecular flexibility index (Phi) is 3.65. The summed E-state index contributed by atoms with van der Waals surface area (Å²) in [7, 11) is -1.20. The van der Waals surface area contributed by atoms with Crippen LogP contribution in [0.4, 0.5) is 5.82 Å². The Balaban J connectivity index is 1.98. The molecule has 1 aliphatic heterocycles. The van der Waals surface area contributed by atoms with Crippen LogP contribution >= 0.6 is 15.9 Å². The van der Waals surface area contributed by atoms with E-state index in [2.05, 4.69) is 44.6 Å². The average molecular weight is 314 g/mol. The highest BCUT2D eigenvalue weighted by atomic mass is 79.9. The molecule has 1 amide bonds. The number of rotatable bonds is 2. The number of amides is 1. The van der Waals surface area contributed by atoms with E-state index >= 15 is 0 Å². The zero-order chi connectivity index (χ0) is 12.5. The lowest BCUT2D eigenvalue weighted by atomic mass is 10.3. The molecule has 0 aromatic carbocycles. The second-order valence-corrected chi connectivity index (χ2v) is 11.0. The summed E-state index contributed by atoms with van der Waals surface area (Å²) in [4.78, 5) is 16.2. The van der Waals surface area contributed by atoms with Crippen LogP contribution in [0.3, 0.4) is 0 Å². The summed E-state index contributed by atoms with van der Waals surface area (Å²) in [5.41, 5.74) is 0. The van der Waals surface area contributed by atoms with Gasteiger partial charge in [0.15, 0.2) is 0 Å². The zero-order valence-electron chi connectivity index (χ0n) is 9.96. The summed E-state index contributed by atoms with van der Waals surface area (Å²) in [6.45, 7) is 4.59. The first-order valence-electron chi connectivity index (χ1n) is 5.63. The molecule has 1 atom stereocenters. The van der Waals surface area contributed by atoms with Crippen LogP contribution in [0.15, 0.2) is 22.8 Å². The number of anilines is 1. The largest absolute Gasteiger partial charge is 0.309 e. The van der Waals surface area contributed by atoms with E-state index in [1.54, 1.807) is 6.07 Å². The molecule has 1 unspecified atom stereocenters. The fraction of sp³-hybridized carbons (Fsp3) is 0.455. The van der Waals surface area contributed by atoms with Crippen molar-refractivity contribution in [3.8, 4) is 0 Å². The molecule has 1 aliphatic rings. The summed E-state index contributed by atoms with van der Waals surface area (Å²) < 4.78 is 0.726. The van der Waals surface area contributed by atoms with Crippen molar-refractivity contribution >= 4 is 35.7 Å². The van der Waals surface area contributed by atoms with Gasteiger partial charge < -0.3 is 10.6 Å². The van der Waals surface area contributed by atoms with Crippen molar-refractivity contribution in [1.29, 1.82) is 0 Å². The van der Waals surface area contributed by atoms with E-state index in [9.17, 15) is 4.79 Å². The van der Waals surface area contributed by atoms with Gasteiger partial charge in [0, 0.05) is 0 Å². The summed E-state index contributed by atoms with van der Waals surface area (Å²) >= 11 is 3.28. The molecule has 0 saturated carbocycles. The molecule has 0 bridgehead atoms. The van der Waals surface area contributed by atoms with Crippen molar-refractivity contribution < 1.29 is 4.79 Å². The van der Waals surface area contributed by atoms with Gasteiger partial charge in [-0.25, -0.2) is 4.98 Å². The molecule has 0 radical (unpaired) electrons. The van der Waals surface area contributed by atoms with E-state index in [0.717, 1.165) is 16.8 Å². The van der Waals surface area contributed by atoms with Gasteiger partial charge >= 0.3 is 0 Å². The van der Waals surface area contributed by atoms with Crippen molar-refractivity contribution in [2.45, 2.75) is 25.2 Å². The topological polar surface area (TPSA) is 54.0 Å². The standard InChI is InChI=1S/C11H16BrN3OSi/c1-17(2)6-8(13-7-17)11(16)15-10-5-3-4-9(12)14-10/h3-5,8,13H,6-7H2,1-2H3,(H,14,15,16). The number of hydrogen-bond donors (Lipinski definition) is 2. The highest BCUT2D eigenvalue weighted by Gasteiger charge is 2.36. The van der Waals surface area contributed by atoms with E-state index in [-0.39, 0.29) is 11.9 Å². The van der Waals surface area contributed by atoms with Gasteiger partial charge in [-0.1, -0.05) is 19.2 Å². The monoisotopic (exact) mass is 313 g/mol. The van der Waals surface area contributed by atoms with Crippen LogP contribution in [0.1, 0.15) is 0 Å². The molecule has 1 aromatic heterocycles. The van der Waals surface area contributed by atoms with Gasteiger partial charge in [0.1, 0.15) is 10.4 Å². The first-order chi connectivity index (χ1) is 7.96. The fourth-order valence-corrected chi connectivity index (χ4v) is 4.69. The zero-order valence-corrected chi connectivity index (χ0v) is 12.5. The Labute approximate surface area is 110 Å². The number of aromatic nitrogens is 1. The van der Waals surface area contributed by atoms with Crippen LogP contribution in [-0.2, 0) is 4.79 Å². The second kappa shape index (κ2) is 4.87. The number of carbonyl (C=O) groups is 1. The first-order valence-corrected chi connectivity index (χ1v) is 9.84. The van der Waals surface area contributed by atoms with Crippen LogP contribution in [0.2, 0.25) is 19.1 Å². The summed E-state index contributed by atoms with van der Waals surface area (Å²) in [6.07, 6.45) is 1.01. The van der Waals surface area contributed by atoms with Crippen LogP contribution < -0.4 is 10.6 Å². The summed E-state index contributed by atoms with van der Waals surface area (Å²) in [5, 5.41) is 6.13. The van der Waals surface area contributed by atoms with Gasteiger partial charge in [-0.15, -0.1) is 0 Å². The van der Waals surface area contributed by atoms with Crippen LogP contribution in [-0.4, -0.2) is 31.2 Å². The Bertz CT molecular complexity index is 438. The minimum atomic E-state index is -1.20. The minimum Gasteiger partial charge on any atom is -0.309 e. The van der Waals surface area contributed by atoms with E-state index in [1.165, 1.54) is 0 Å². The molecule has 1 saturated heterocycles. The number of carbonyl (C=O) groups excluding carboxylic acids is 1. The van der Waals surface area contributed by atoms with Gasteiger partial charge in [-0.3, -0.25) is 4.79 Å². The van der Waals surface area contributed by atoms with Crippen LogP contribution in [0, 0.1) is 0 Å². The molecule has 92 valence electrons. The molecule has 2 N–H and O–H groups in total. The summed E-state index contributed by atoms with van der Waals surface area (Å²) in [5.74, 6) is 0.617. The van der Waals surface area contributed by atoms with Crippen molar-refractivity contribution in [3.63, 3.8) is 0 Å². The normalized spacial score (nSPS) is 22.4. The SMILES string of the molecule is C[Si]1(C)CNC(C(=O)Nc2cccc(Br)n2)C1. The number of nitrogens with zero attached hydrogens (tertiary/aromatic N) is 1. The molecular formula is C11H16BrN3OSi. The second-order valence-electron chi connectivity index (χ2n) is 5.14. The van der Waals surface area contributed by atoms with Crippen molar-refractivity contribution in [3.05, 3.63) is 22.8 Å². The quantitative estimate of drug-likeness (QED) is 0.648. The van der Waals surface area contributed by atoms with Crippen LogP contribution in [0.25, 0.3) is 0 Å². The maximum absolute atomic E-state index is 12.0. The van der Waals surface area contributed by atoms with E-state index in [4.69, 9.17) is 0 Å². The number of hydrogen-bond acceptors (Lipinski definition) is 3. The Hall–Kier alpha value is -0.723. The molecular weight excluding hydrogens is 298 g/mol. The fourth-order valence-electron chi connectivity index (χ4n) is 1.97. The maximum atomic E-state index is 12.0. The Morgan fingerprint density at radius 3 is 2.94 bits per heavy atom. The van der Waals surface area contributed by atoms with Gasteiger partial charge in [-0.05, 0) is 40.3 Å². The van der Waals surface area contributed by atoms with E-state index < -0.39 is 8.07 Å². The third-order valence-electron chi connectivity index (χ3n) is 2.87. The average Bonchev–Trinajstić information content (AvgIpc) is 2.59. The molecule has 1 aromatic rings. The summed E-state index contributed by atoms with van der Waals surface area (Å²) in [6, 6.07) is 6.41. The van der Waals surface area contributed by atoms with E-state index in [1.807, 2.05) is 12.1 Å². The van der Waals surface area contributed by atoms with Gasteiger partial charge in [-0.2, -0.15) is 0 Å². The third kappa shape index (κ3) is 3.37. The highest BCUT2D eigenvalue weighted by molar-refractivity contribution is 9.10. The van der Waals surface area contributed by atoms with Gasteiger partial charge in [0.2, 0.25) is 5.91 Å². The number of halogens is 1. The molecule has 17 heavy (non-hydrogen) atoms. The number of nitrogens with one attached hydrogen (secondary N) is 2. The number of pyridine rings is 1. The molecule has 2 heterocycles. The molecule has 0 spiro atoms. The van der Waals surface area contributed by atoms with Gasteiger partial charge in [0.25, 0.3) is 0 Å². The molecule has 2 rings (SSSR count). The third-order valence-corrected chi connectivity index (χ3v) is 5.98. The smallest absolute Gasteiger partial charge is 0.242 e. The predicted molar refractivity (Wildman–Crippen MR) is 74.6 cm³/mol. The highest BCUT2D eigenvalue weighted by Crippen LogP contribution is 2.19. The Morgan fingerprint density at radius 2 is 2.35 bits per heavy atom. The van der Waals surface area contributed by atoms with Gasteiger partial charge in [0.05, 0.1) is 14.1 Å². The Morgan fingerprint density at radius 1 is 1.59 bits per heavy atom. The molecule has 4 nitrogen and oxygen atoms in total. The predicted octanol–water partition coefficient (Wildman–Crippen LogP) is 2.00. The van der Waals surface area contributed by atoms with Crippen molar-refractivity contribution in [2.75, 3.05) is 11.5 Å². The lowest BCUT2D eigenvalue weighted by molar-refractivity contribution is -0.117. The lowest BCUT2D eigenvalue weighted by Gasteiger charge is -2.13.